The molecule has 204 valence electrons. The van der Waals surface area contributed by atoms with Crippen molar-refractivity contribution < 1.29 is 23.5 Å². The zero-order valence-corrected chi connectivity index (χ0v) is 22.3. The Balaban J connectivity index is 1.10. The van der Waals surface area contributed by atoms with Crippen LogP contribution in [0.4, 0.5) is 11.4 Å². The predicted octanol–water partition coefficient (Wildman–Crippen LogP) is 5.74. The lowest BCUT2D eigenvalue weighted by Gasteiger charge is -2.32. The molecule has 0 unspecified atom stereocenters. The number of rotatable bonds is 8. The first-order valence-corrected chi connectivity index (χ1v) is 13.3. The molecule has 0 radical (unpaired) electrons. The molecule has 0 aliphatic carbocycles. The van der Waals surface area contributed by atoms with Crippen LogP contribution in [0.25, 0.3) is 0 Å². The molecule has 1 aliphatic heterocycles. The standard InChI is InChI=1S/C32H31N3O5/c1-39-28-5-2-4-22(20-28)21-30(36)33-26-11-7-23(8-12-26)24-15-17-35(18-16-24)32(38)25-9-13-27(14-10-25)34-31(37)29-6-3-19-40-29/h2-14,19-20,24H,15-18,21H2,1H3,(H,33,36)(H,34,37). The largest absolute Gasteiger partial charge is 0.497 e. The molecule has 3 amide bonds. The second kappa shape index (κ2) is 12.3. The number of methoxy groups -OCH3 is 1. The first-order valence-electron chi connectivity index (χ1n) is 13.3. The van der Waals surface area contributed by atoms with E-state index in [2.05, 4.69) is 22.8 Å². The van der Waals surface area contributed by atoms with E-state index in [1.165, 1.54) is 11.8 Å². The van der Waals surface area contributed by atoms with Crippen molar-refractivity contribution in [1.29, 1.82) is 0 Å². The number of hydrogen-bond donors (Lipinski definition) is 2. The van der Waals surface area contributed by atoms with Gasteiger partial charge in [-0.25, -0.2) is 0 Å². The minimum absolute atomic E-state index is 0.0172. The molecule has 1 aliphatic rings. The smallest absolute Gasteiger partial charge is 0.291 e. The van der Waals surface area contributed by atoms with E-state index < -0.39 is 0 Å². The van der Waals surface area contributed by atoms with Crippen molar-refractivity contribution in [3.63, 3.8) is 0 Å². The van der Waals surface area contributed by atoms with Gasteiger partial charge in [0.15, 0.2) is 5.76 Å². The van der Waals surface area contributed by atoms with Crippen LogP contribution < -0.4 is 15.4 Å². The third kappa shape index (κ3) is 6.58. The second-order valence-corrected chi connectivity index (χ2v) is 9.77. The van der Waals surface area contributed by atoms with Crippen molar-refractivity contribution in [2.24, 2.45) is 0 Å². The van der Waals surface area contributed by atoms with Crippen molar-refractivity contribution in [3.8, 4) is 5.75 Å². The molecule has 40 heavy (non-hydrogen) atoms. The first kappa shape index (κ1) is 26.7. The third-order valence-electron chi connectivity index (χ3n) is 7.08. The first-order chi connectivity index (χ1) is 19.5. The van der Waals surface area contributed by atoms with Gasteiger partial charge in [0.2, 0.25) is 5.91 Å². The fourth-order valence-electron chi connectivity index (χ4n) is 4.91. The topological polar surface area (TPSA) is 101 Å². The van der Waals surface area contributed by atoms with Gasteiger partial charge in [0.05, 0.1) is 19.8 Å². The highest BCUT2D eigenvalue weighted by atomic mass is 16.5. The Kier molecular flexibility index (Phi) is 8.25. The quantitative estimate of drug-likeness (QED) is 0.298. The molecule has 8 nitrogen and oxygen atoms in total. The van der Waals surface area contributed by atoms with Crippen LogP contribution in [0, 0.1) is 0 Å². The van der Waals surface area contributed by atoms with Gasteiger partial charge in [-0.05, 0) is 90.6 Å². The number of ether oxygens (including phenoxy) is 1. The van der Waals surface area contributed by atoms with Crippen LogP contribution in [-0.2, 0) is 11.2 Å². The van der Waals surface area contributed by atoms with E-state index in [0.29, 0.717) is 30.3 Å². The van der Waals surface area contributed by atoms with Gasteiger partial charge in [0.25, 0.3) is 11.8 Å². The van der Waals surface area contributed by atoms with E-state index in [0.717, 1.165) is 29.8 Å². The van der Waals surface area contributed by atoms with Crippen LogP contribution >= 0.6 is 0 Å². The second-order valence-electron chi connectivity index (χ2n) is 9.77. The number of amides is 3. The van der Waals surface area contributed by atoms with Crippen molar-refractivity contribution in [2.75, 3.05) is 30.8 Å². The SMILES string of the molecule is COc1cccc(CC(=O)Nc2ccc(C3CCN(C(=O)c4ccc(NC(=O)c5ccco5)cc4)CC3)cc2)c1. The van der Waals surface area contributed by atoms with Gasteiger partial charge in [-0.2, -0.15) is 0 Å². The Bertz CT molecular complexity index is 1460. The summed E-state index contributed by atoms with van der Waals surface area (Å²) >= 11 is 0. The number of hydrogen-bond acceptors (Lipinski definition) is 5. The Morgan fingerprint density at radius 2 is 1.57 bits per heavy atom. The average molecular weight is 538 g/mol. The summed E-state index contributed by atoms with van der Waals surface area (Å²) in [6.07, 6.45) is 3.45. The predicted molar refractivity (Wildman–Crippen MR) is 153 cm³/mol. The minimum atomic E-state index is -0.338. The van der Waals surface area contributed by atoms with Crippen molar-refractivity contribution in [2.45, 2.75) is 25.2 Å². The molecular formula is C32H31N3O5. The lowest BCUT2D eigenvalue weighted by Crippen LogP contribution is -2.37. The monoisotopic (exact) mass is 537 g/mol. The van der Waals surface area contributed by atoms with Gasteiger partial charge >= 0.3 is 0 Å². The maximum Gasteiger partial charge on any atom is 0.291 e. The number of benzene rings is 3. The molecule has 0 saturated carbocycles. The normalized spacial score (nSPS) is 13.5. The molecule has 1 aromatic heterocycles. The van der Waals surface area contributed by atoms with Crippen LogP contribution in [-0.4, -0.2) is 42.8 Å². The third-order valence-corrected chi connectivity index (χ3v) is 7.08. The summed E-state index contributed by atoms with van der Waals surface area (Å²) in [6.45, 7) is 1.33. The Labute approximate surface area is 232 Å². The highest BCUT2D eigenvalue weighted by Gasteiger charge is 2.24. The molecule has 0 atom stereocenters. The Morgan fingerprint density at radius 1 is 0.875 bits per heavy atom. The fraction of sp³-hybridized carbons (Fsp3) is 0.219. The molecule has 8 heteroatoms. The number of carbonyl (C=O) groups excluding carboxylic acids is 3. The van der Waals surface area contributed by atoms with Gasteiger partial charge in [0, 0.05) is 30.0 Å². The van der Waals surface area contributed by atoms with E-state index >= 15 is 0 Å². The van der Waals surface area contributed by atoms with Crippen molar-refractivity contribution >= 4 is 29.1 Å². The van der Waals surface area contributed by atoms with Gasteiger partial charge in [0.1, 0.15) is 5.75 Å². The van der Waals surface area contributed by atoms with E-state index in [1.807, 2.05) is 41.3 Å². The summed E-state index contributed by atoms with van der Waals surface area (Å²) in [7, 11) is 1.61. The zero-order chi connectivity index (χ0) is 27.9. The van der Waals surface area contributed by atoms with Gasteiger partial charge in [-0.3, -0.25) is 14.4 Å². The Hall–Kier alpha value is -4.85. The van der Waals surface area contributed by atoms with E-state index in [9.17, 15) is 14.4 Å². The van der Waals surface area contributed by atoms with Gasteiger partial charge in [-0.1, -0.05) is 24.3 Å². The Morgan fingerprint density at radius 3 is 2.25 bits per heavy atom. The summed E-state index contributed by atoms with van der Waals surface area (Å²) in [5, 5.41) is 5.72. The van der Waals surface area contributed by atoms with Gasteiger partial charge in [-0.15, -0.1) is 0 Å². The van der Waals surface area contributed by atoms with Crippen LogP contribution in [0.15, 0.2) is 95.6 Å². The molecule has 2 N–H and O–H groups in total. The molecule has 3 aromatic carbocycles. The number of nitrogens with zero attached hydrogens (tertiary/aromatic N) is 1. The van der Waals surface area contributed by atoms with E-state index in [4.69, 9.17) is 9.15 Å². The lowest BCUT2D eigenvalue weighted by molar-refractivity contribution is -0.115. The average Bonchev–Trinajstić information content (AvgIpc) is 3.53. The van der Waals surface area contributed by atoms with Crippen LogP contribution in [0.1, 0.15) is 50.8 Å². The number of carbonyl (C=O) groups is 3. The van der Waals surface area contributed by atoms with E-state index in [1.54, 1.807) is 43.5 Å². The molecule has 0 bridgehead atoms. The number of anilines is 2. The minimum Gasteiger partial charge on any atom is -0.497 e. The van der Waals surface area contributed by atoms with Crippen LogP contribution in [0.5, 0.6) is 5.75 Å². The highest BCUT2D eigenvalue weighted by Crippen LogP contribution is 2.30. The maximum absolute atomic E-state index is 13.1. The summed E-state index contributed by atoms with van der Waals surface area (Å²) in [6, 6.07) is 25.6. The summed E-state index contributed by atoms with van der Waals surface area (Å²) in [4.78, 5) is 39.6. The van der Waals surface area contributed by atoms with Crippen molar-refractivity contribution in [3.05, 3.63) is 114 Å². The number of likely N-dealkylation sites (tertiary alicyclic amines) is 1. The van der Waals surface area contributed by atoms with E-state index in [-0.39, 0.29) is 29.9 Å². The van der Waals surface area contributed by atoms with Crippen LogP contribution in [0.2, 0.25) is 0 Å². The molecule has 5 rings (SSSR count). The molecule has 4 aromatic rings. The van der Waals surface area contributed by atoms with Gasteiger partial charge < -0.3 is 24.7 Å². The molecule has 0 spiro atoms. The molecule has 1 saturated heterocycles. The number of piperidine rings is 1. The fourth-order valence-corrected chi connectivity index (χ4v) is 4.91. The zero-order valence-electron chi connectivity index (χ0n) is 22.3. The maximum atomic E-state index is 13.1. The summed E-state index contributed by atoms with van der Waals surface area (Å²) in [5.41, 5.74) is 4.03. The summed E-state index contributed by atoms with van der Waals surface area (Å²) in [5.74, 6) is 0.871. The lowest BCUT2D eigenvalue weighted by atomic mass is 9.89. The molecular weight excluding hydrogens is 506 g/mol. The molecule has 2 heterocycles. The number of nitrogens with one attached hydrogen (secondary N) is 2. The molecule has 1 fully saturated rings. The summed E-state index contributed by atoms with van der Waals surface area (Å²) < 4.78 is 10.3. The van der Waals surface area contributed by atoms with Crippen molar-refractivity contribution in [1.82, 2.24) is 4.90 Å². The van der Waals surface area contributed by atoms with Crippen LogP contribution in [0.3, 0.4) is 0 Å². The highest BCUT2D eigenvalue weighted by molar-refractivity contribution is 6.02. The number of furan rings is 1.